The lowest BCUT2D eigenvalue weighted by atomic mass is 10.2. The molecule has 98 valence electrons. The lowest BCUT2D eigenvalue weighted by Gasteiger charge is -2.11. The summed E-state index contributed by atoms with van der Waals surface area (Å²) in [5, 5.41) is 15.4. The third-order valence-corrected chi connectivity index (χ3v) is 2.78. The van der Waals surface area contributed by atoms with Crippen molar-refractivity contribution in [1.82, 2.24) is 15.1 Å². The van der Waals surface area contributed by atoms with E-state index in [1.165, 1.54) is 12.3 Å². The van der Waals surface area contributed by atoms with Crippen molar-refractivity contribution in [3.8, 4) is 0 Å². The molecule has 1 aliphatic rings. The molecule has 0 saturated carbocycles. The fraction of sp³-hybridized carbons (Fsp3) is 0.545. The summed E-state index contributed by atoms with van der Waals surface area (Å²) in [6, 6.07) is 1.36. The Morgan fingerprint density at radius 3 is 3.11 bits per heavy atom. The number of carboxylic acids is 1. The summed E-state index contributed by atoms with van der Waals surface area (Å²) >= 11 is 0. The van der Waals surface area contributed by atoms with E-state index < -0.39 is 5.97 Å². The molecule has 7 heteroatoms. The van der Waals surface area contributed by atoms with Gasteiger partial charge in [-0.2, -0.15) is 5.10 Å². The maximum atomic E-state index is 11.6. The van der Waals surface area contributed by atoms with Crippen LogP contribution in [0.4, 0.5) is 0 Å². The topological polar surface area (TPSA) is 93.5 Å². The molecule has 0 radical (unpaired) electrons. The van der Waals surface area contributed by atoms with Crippen LogP contribution in [0.5, 0.6) is 0 Å². The Morgan fingerprint density at radius 2 is 2.44 bits per heavy atom. The number of nitrogens with one attached hydrogen (secondary N) is 1. The lowest BCUT2D eigenvalue weighted by molar-refractivity contribution is -0.122. The minimum absolute atomic E-state index is 0.00210. The molecular weight excluding hydrogens is 238 g/mol. The number of hydrogen-bond donors (Lipinski definition) is 2. The average molecular weight is 253 g/mol. The van der Waals surface area contributed by atoms with Gasteiger partial charge in [-0.1, -0.05) is 0 Å². The first-order valence-corrected chi connectivity index (χ1v) is 5.80. The molecule has 0 bridgehead atoms. The predicted octanol–water partition coefficient (Wildman–Crippen LogP) is -0.123. The first kappa shape index (κ1) is 12.6. The quantitative estimate of drug-likeness (QED) is 0.762. The van der Waals surface area contributed by atoms with Crippen molar-refractivity contribution in [1.29, 1.82) is 0 Å². The largest absolute Gasteiger partial charge is 0.477 e. The van der Waals surface area contributed by atoms with Gasteiger partial charge in [-0.05, 0) is 18.9 Å². The Kier molecular flexibility index (Phi) is 3.93. The third kappa shape index (κ3) is 3.07. The number of carbonyl (C=O) groups is 2. The molecule has 2 N–H and O–H groups in total. The van der Waals surface area contributed by atoms with Gasteiger partial charge < -0.3 is 15.2 Å². The Bertz CT molecular complexity index is 437. The number of ether oxygens (including phenoxy) is 1. The summed E-state index contributed by atoms with van der Waals surface area (Å²) < 4.78 is 6.53. The van der Waals surface area contributed by atoms with E-state index in [1.54, 1.807) is 0 Å². The van der Waals surface area contributed by atoms with E-state index in [9.17, 15) is 9.59 Å². The minimum atomic E-state index is -1.10. The standard InChI is InChI=1S/C11H15N3O4/c15-10(12-6-8-2-1-5-18-8)7-14-9(11(16)17)3-4-13-14/h3-4,8H,1-2,5-7H2,(H,12,15)(H,16,17). The molecule has 0 aromatic carbocycles. The smallest absolute Gasteiger partial charge is 0.354 e. The molecule has 1 fully saturated rings. The van der Waals surface area contributed by atoms with Crippen molar-refractivity contribution >= 4 is 11.9 Å². The maximum absolute atomic E-state index is 11.6. The minimum Gasteiger partial charge on any atom is -0.477 e. The van der Waals surface area contributed by atoms with Gasteiger partial charge in [0.1, 0.15) is 12.2 Å². The Morgan fingerprint density at radius 1 is 1.61 bits per heavy atom. The van der Waals surface area contributed by atoms with Crippen LogP contribution in [0.25, 0.3) is 0 Å². The molecule has 0 aliphatic carbocycles. The van der Waals surface area contributed by atoms with Crippen LogP contribution in [-0.2, 0) is 16.1 Å². The second kappa shape index (κ2) is 5.63. The number of amides is 1. The lowest BCUT2D eigenvalue weighted by Crippen LogP contribution is -2.34. The summed E-state index contributed by atoms with van der Waals surface area (Å²) in [7, 11) is 0. The first-order chi connectivity index (χ1) is 8.66. The van der Waals surface area contributed by atoms with E-state index >= 15 is 0 Å². The van der Waals surface area contributed by atoms with Crippen LogP contribution >= 0.6 is 0 Å². The van der Waals surface area contributed by atoms with Crippen LogP contribution < -0.4 is 5.32 Å². The molecule has 1 atom stereocenters. The zero-order valence-electron chi connectivity index (χ0n) is 9.83. The van der Waals surface area contributed by atoms with Gasteiger partial charge >= 0.3 is 5.97 Å². The van der Waals surface area contributed by atoms with Crippen molar-refractivity contribution in [2.75, 3.05) is 13.2 Å². The van der Waals surface area contributed by atoms with E-state index in [0.717, 1.165) is 24.1 Å². The van der Waals surface area contributed by atoms with Crippen molar-refractivity contribution in [2.45, 2.75) is 25.5 Å². The fourth-order valence-corrected chi connectivity index (χ4v) is 1.87. The molecule has 1 aromatic rings. The highest BCUT2D eigenvalue weighted by atomic mass is 16.5. The number of aromatic nitrogens is 2. The normalized spacial score (nSPS) is 18.8. The van der Waals surface area contributed by atoms with Crippen molar-refractivity contribution in [3.05, 3.63) is 18.0 Å². The Labute approximate surface area is 104 Å². The predicted molar refractivity (Wildman–Crippen MR) is 61.2 cm³/mol. The van der Waals surface area contributed by atoms with Crippen molar-refractivity contribution in [2.24, 2.45) is 0 Å². The van der Waals surface area contributed by atoms with Gasteiger partial charge in [0.05, 0.1) is 6.10 Å². The molecule has 1 unspecified atom stereocenters. The Balaban J connectivity index is 1.82. The highest BCUT2D eigenvalue weighted by Crippen LogP contribution is 2.10. The third-order valence-electron chi connectivity index (χ3n) is 2.78. The van der Waals surface area contributed by atoms with Gasteiger partial charge in [0, 0.05) is 19.3 Å². The molecule has 18 heavy (non-hydrogen) atoms. The van der Waals surface area contributed by atoms with Gasteiger partial charge in [-0.15, -0.1) is 0 Å². The van der Waals surface area contributed by atoms with E-state index in [1.807, 2.05) is 0 Å². The molecule has 1 aliphatic heterocycles. The van der Waals surface area contributed by atoms with E-state index in [0.29, 0.717) is 6.54 Å². The zero-order valence-corrected chi connectivity index (χ0v) is 9.83. The SMILES string of the molecule is O=C(Cn1nccc1C(=O)O)NCC1CCCO1. The first-order valence-electron chi connectivity index (χ1n) is 5.80. The van der Waals surface area contributed by atoms with Gasteiger partial charge in [0.15, 0.2) is 0 Å². The Hall–Kier alpha value is -1.89. The van der Waals surface area contributed by atoms with Crippen LogP contribution in [0.1, 0.15) is 23.3 Å². The van der Waals surface area contributed by atoms with Gasteiger partial charge in [0.25, 0.3) is 0 Å². The molecule has 2 rings (SSSR count). The monoisotopic (exact) mass is 253 g/mol. The van der Waals surface area contributed by atoms with Crippen LogP contribution in [0.3, 0.4) is 0 Å². The maximum Gasteiger partial charge on any atom is 0.354 e. The van der Waals surface area contributed by atoms with E-state index in [2.05, 4.69) is 10.4 Å². The van der Waals surface area contributed by atoms with Crippen LogP contribution in [0.2, 0.25) is 0 Å². The molecule has 1 aromatic heterocycles. The molecule has 1 saturated heterocycles. The molecular formula is C11H15N3O4. The summed E-state index contributed by atoms with van der Waals surface area (Å²) in [6.07, 6.45) is 3.40. The fourth-order valence-electron chi connectivity index (χ4n) is 1.87. The molecule has 2 heterocycles. The van der Waals surface area contributed by atoms with Crippen LogP contribution in [-0.4, -0.2) is 46.0 Å². The van der Waals surface area contributed by atoms with Gasteiger partial charge in [-0.25, -0.2) is 9.48 Å². The second-order valence-electron chi connectivity index (χ2n) is 4.12. The zero-order chi connectivity index (χ0) is 13.0. The summed E-state index contributed by atoms with van der Waals surface area (Å²) in [6.45, 7) is 1.10. The van der Waals surface area contributed by atoms with Crippen molar-refractivity contribution < 1.29 is 19.4 Å². The van der Waals surface area contributed by atoms with Crippen LogP contribution in [0.15, 0.2) is 12.3 Å². The highest BCUT2D eigenvalue weighted by Gasteiger charge is 2.17. The second-order valence-corrected chi connectivity index (χ2v) is 4.12. The van der Waals surface area contributed by atoms with Gasteiger partial charge in [0.2, 0.25) is 5.91 Å². The van der Waals surface area contributed by atoms with Crippen molar-refractivity contribution in [3.63, 3.8) is 0 Å². The number of rotatable bonds is 5. The number of aromatic carboxylic acids is 1. The molecule has 7 nitrogen and oxygen atoms in total. The van der Waals surface area contributed by atoms with Crippen LogP contribution in [0, 0.1) is 0 Å². The van der Waals surface area contributed by atoms with E-state index in [-0.39, 0.29) is 24.2 Å². The van der Waals surface area contributed by atoms with E-state index in [4.69, 9.17) is 9.84 Å². The molecule has 1 amide bonds. The number of hydrogen-bond acceptors (Lipinski definition) is 4. The number of nitrogens with zero attached hydrogens (tertiary/aromatic N) is 2. The summed E-state index contributed by atoms with van der Waals surface area (Å²) in [5.41, 5.74) is 0.00210. The molecule has 0 spiro atoms. The van der Waals surface area contributed by atoms with Gasteiger partial charge in [-0.3, -0.25) is 4.79 Å². The summed E-state index contributed by atoms with van der Waals surface area (Å²) in [5.74, 6) is -1.36. The average Bonchev–Trinajstić information content (AvgIpc) is 2.96. The highest BCUT2D eigenvalue weighted by molar-refractivity contribution is 5.86. The number of carboxylic acid groups (broad SMARTS) is 1. The number of carbonyl (C=O) groups excluding carboxylic acids is 1. The summed E-state index contributed by atoms with van der Waals surface area (Å²) in [4.78, 5) is 22.4.